The maximum atomic E-state index is 14.5. The van der Waals surface area contributed by atoms with Gasteiger partial charge in [-0.2, -0.15) is 8.78 Å². The van der Waals surface area contributed by atoms with Crippen LogP contribution in [-0.4, -0.2) is 36.9 Å². The third-order valence-electron chi connectivity index (χ3n) is 6.58. The summed E-state index contributed by atoms with van der Waals surface area (Å²) in [6.07, 6.45) is -8.41. The highest BCUT2D eigenvalue weighted by Gasteiger charge is 2.48. The Morgan fingerprint density at radius 1 is 0.692 bits per heavy atom. The molecule has 0 saturated heterocycles. The highest BCUT2D eigenvalue weighted by Crippen LogP contribution is 2.46. The van der Waals surface area contributed by atoms with E-state index in [0.29, 0.717) is 19.3 Å². The molecular formula is C19H28F6O. The van der Waals surface area contributed by atoms with E-state index in [9.17, 15) is 26.3 Å². The van der Waals surface area contributed by atoms with E-state index in [1.54, 1.807) is 0 Å². The van der Waals surface area contributed by atoms with Crippen molar-refractivity contribution >= 4 is 0 Å². The van der Waals surface area contributed by atoms with Crippen molar-refractivity contribution < 1.29 is 31.1 Å². The average Bonchev–Trinajstić information content (AvgIpc) is 2.60. The van der Waals surface area contributed by atoms with Crippen LogP contribution in [0.15, 0.2) is 0 Å². The molecule has 7 heteroatoms. The van der Waals surface area contributed by atoms with Gasteiger partial charge in [-0.05, 0) is 50.4 Å². The fraction of sp³-hybridized carbons (Fsp3) is 1.00. The van der Waals surface area contributed by atoms with E-state index in [2.05, 4.69) is 0 Å². The lowest BCUT2D eigenvalue weighted by molar-refractivity contribution is -0.306. The summed E-state index contributed by atoms with van der Waals surface area (Å²) in [7, 11) is 0. The first-order valence-corrected chi connectivity index (χ1v) is 9.90. The number of alkyl halides is 6. The number of hydrogen-bond acceptors (Lipinski definition) is 1. The lowest BCUT2D eigenvalue weighted by Crippen LogP contribution is -2.45. The first kappa shape index (κ1) is 20.3. The van der Waals surface area contributed by atoms with Gasteiger partial charge in [-0.1, -0.05) is 12.8 Å². The van der Waals surface area contributed by atoms with Crippen LogP contribution in [0.3, 0.4) is 0 Å². The Kier molecular flexibility index (Phi) is 6.45. The zero-order valence-electron chi connectivity index (χ0n) is 14.9. The van der Waals surface area contributed by atoms with Crippen molar-refractivity contribution in [1.82, 2.24) is 0 Å². The Balaban J connectivity index is 1.51. The van der Waals surface area contributed by atoms with Gasteiger partial charge < -0.3 is 4.74 Å². The Labute approximate surface area is 150 Å². The number of hydrogen-bond donors (Lipinski definition) is 0. The third kappa shape index (κ3) is 4.50. The summed E-state index contributed by atoms with van der Waals surface area (Å²) in [4.78, 5) is 0. The molecule has 0 aromatic rings. The summed E-state index contributed by atoms with van der Waals surface area (Å²) >= 11 is 0. The fourth-order valence-electron chi connectivity index (χ4n) is 5.03. The lowest BCUT2D eigenvalue weighted by atomic mass is 9.70. The van der Waals surface area contributed by atoms with Gasteiger partial charge in [-0.3, -0.25) is 0 Å². The quantitative estimate of drug-likeness (QED) is 0.530. The largest absolute Gasteiger partial charge is 0.358 e. The average molecular weight is 386 g/mol. The SMILES string of the molecule is FC1CC(OC(F)(F)C2CCC(C3CCCCC3F)CC2)CC(F)C1F. The Bertz CT molecular complexity index is 441. The van der Waals surface area contributed by atoms with Crippen molar-refractivity contribution in [3.05, 3.63) is 0 Å². The summed E-state index contributed by atoms with van der Waals surface area (Å²) in [6, 6.07) is 0. The van der Waals surface area contributed by atoms with Crippen LogP contribution in [0.5, 0.6) is 0 Å². The third-order valence-corrected chi connectivity index (χ3v) is 6.58. The van der Waals surface area contributed by atoms with Crippen molar-refractivity contribution in [2.75, 3.05) is 0 Å². The standard InChI is InChI=1S/C19H28F6O/c20-15-4-2-1-3-14(15)11-5-7-12(8-6-11)19(24,25)26-13-9-16(21)18(23)17(22)10-13/h11-18H,1-10H2. The molecule has 0 aromatic heterocycles. The highest BCUT2D eigenvalue weighted by molar-refractivity contribution is 4.90. The van der Waals surface area contributed by atoms with E-state index < -0.39 is 55.7 Å². The molecule has 3 saturated carbocycles. The summed E-state index contributed by atoms with van der Waals surface area (Å²) in [6.45, 7) is 0. The minimum Gasteiger partial charge on any atom is -0.317 e. The van der Waals surface area contributed by atoms with Gasteiger partial charge >= 0.3 is 6.11 Å². The molecule has 3 rings (SSSR count). The summed E-state index contributed by atoms with van der Waals surface area (Å²) in [5.41, 5.74) is 0. The Morgan fingerprint density at radius 3 is 1.85 bits per heavy atom. The second-order valence-corrected chi connectivity index (χ2v) is 8.33. The normalized spacial score (nSPS) is 45.5. The van der Waals surface area contributed by atoms with Crippen LogP contribution in [0.4, 0.5) is 26.3 Å². The van der Waals surface area contributed by atoms with Gasteiger partial charge in [0, 0.05) is 12.8 Å². The maximum absolute atomic E-state index is 14.5. The first-order valence-electron chi connectivity index (χ1n) is 9.90. The van der Waals surface area contributed by atoms with Crippen molar-refractivity contribution in [2.24, 2.45) is 17.8 Å². The maximum Gasteiger partial charge on any atom is 0.358 e. The molecule has 0 aromatic carbocycles. The molecule has 0 bridgehead atoms. The molecule has 0 N–H and O–H groups in total. The highest BCUT2D eigenvalue weighted by atomic mass is 19.3. The van der Waals surface area contributed by atoms with E-state index in [1.807, 2.05) is 0 Å². The van der Waals surface area contributed by atoms with E-state index in [-0.39, 0.29) is 24.7 Å². The minimum atomic E-state index is -3.49. The fourth-order valence-corrected chi connectivity index (χ4v) is 5.03. The summed E-state index contributed by atoms with van der Waals surface area (Å²) < 4.78 is 87.8. The van der Waals surface area contributed by atoms with Gasteiger partial charge in [0.25, 0.3) is 0 Å². The predicted octanol–water partition coefficient (Wildman–Crippen LogP) is 6.11. The van der Waals surface area contributed by atoms with Crippen LogP contribution in [0.1, 0.15) is 64.2 Å². The van der Waals surface area contributed by atoms with Gasteiger partial charge in [0.05, 0.1) is 12.0 Å². The second-order valence-electron chi connectivity index (χ2n) is 8.33. The van der Waals surface area contributed by atoms with Crippen LogP contribution in [0.2, 0.25) is 0 Å². The van der Waals surface area contributed by atoms with Crippen molar-refractivity contribution in [1.29, 1.82) is 0 Å². The molecule has 26 heavy (non-hydrogen) atoms. The molecule has 4 atom stereocenters. The number of ether oxygens (including phenoxy) is 1. The number of rotatable bonds is 4. The Hall–Kier alpha value is -0.460. The van der Waals surface area contributed by atoms with Crippen molar-refractivity contribution in [3.63, 3.8) is 0 Å². The second kappa shape index (κ2) is 8.27. The van der Waals surface area contributed by atoms with E-state index in [0.717, 1.165) is 19.3 Å². The summed E-state index contributed by atoms with van der Waals surface area (Å²) in [5.74, 6) is -0.928. The smallest absolute Gasteiger partial charge is 0.317 e. The van der Waals surface area contributed by atoms with Crippen LogP contribution in [0.25, 0.3) is 0 Å². The van der Waals surface area contributed by atoms with Gasteiger partial charge in [-0.25, -0.2) is 17.6 Å². The summed E-state index contributed by atoms with van der Waals surface area (Å²) in [5, 5.41) is 0. The molecule has 0 radical (unpaired) electrons. The molecular weight excluding hydrogens is 358 g/mol. The lowest BCUT2D eigenvalue weighted by Gasteiger charge is -2.40. The van der Waals surface area contributed by atoms with Gasteiger partial charge in [0.15, 0.2) is 6.17 Å². The van der Waals surface area contributed by atoms with E-state index >= 15 is 0 Å². The van der Waals surface area contributed by atoms with Crippen LogP contribution in [0, 0.1) is 17.8 Å². The van der Waals surface area contributed by atoms with Gasteiger partial charge in [-0.15, -0.1) is 0 Å². The molecule has 0 spiro atoms. The Morgan fingerprint density at radius 2 is 1.27 bits per heavy atom. The van der Waals surface area contributed by atoms with Gasteiger partial charge in [0.1, 0.15) is 18.5 Å². The minimum absolute atomic E-state index is 0.0290. The predicted molar refractivity (Wildman–Crippen MR) is 86.0 cm³/mol. The molecule has 3 fully saturated rings. The van der Waals surface area contributed by atoms with Gasteiger partial charge in [0.2, 0.25) is 0 Å². The molecule has 0 amide bonds. The molecule has 4 unspecified atom stereocenters. The molecule has 3 aliphatic carbocycles. The molecule has 1 nitrogen and oxygen atoms in total. The molecule has 3 aliphatic rings. The monoisotopic (exact) mass is 386 g/mol. The van der Waals surface area contributed by atoms with Crippen LogP contribution in [-0.2, 0) is 4.74 Å². The van der Waals surface area contributed by atoms with E-state index in [4.69, 9.17) is 4.74 Å². The zero-order chi connectivity index (χ0) is 18.9. The van der Waals surface area contributed by atoms with Crippen LogP contribution >= 0.6 is 0 Å². The topological polar surface area (TPSA) is 9.23 Å². The molecule has 152 valence electrons. The van der Waals surface area contributed by atoms with Crippen molar-refractivity contribution in [3.8, 4) is 0 Å². The molecule has 0 heterocycles. The van der Waals surface area contributed by atoms with Crippen LogP contribution < -0.4 is 0 Å². The molecule has 0 aliphatic heterocycles. The first-order chi connectivity index (χ1) is 12.3. The van der Waals surface area contributed by atoms with E-state index in [1.165, 1.54) is 0 Å². The van der Waals surface area contributed by atoms with Crippen molar-refractivity contribution in [2.45, 2.75) is 101 Å². The zero-order valence-corrected chi connectivity index (χ0v) is 14.9. The number of halogens is 6.